The summed E-state index contributed by atoms with van der Waals surface area (Å²) in [5.41, 5.74) is 6.47. The summed E-state index contributed by atoms with van der Waals surface area (Å²) in [6, 6.07) is 3.12. The van der Waals surface area contributed by atoms with Gasteiger partial charge in [-0.3, -0.25) is 14.4 Å². The van der Waals surface area contributed by atoms with Gasteiger partial charge < -0.3 is 29.8 Å². The Morgan fingerprint density at radius 2 is 1.42 bits per heavy atom. The van der Waals surface area contributed by atoms with Crippen LogP contribution in [-0.4, -0.2) is 48.4 Å². The highest BCUT2D eigenvalue weighted by Crippen LogP contribution is 2.36. The van der Waals surface area contributed by atoms with Gasteiger partial charge in [0.15, 0.2) is 11.5 Å². The summed E-state index contributed by atoms with van der Waals surface area (Å²) < 4.78 is 21.3. The van der Waals surface area contributed by atoms with Crippen LogP contribution in [0.1, 0.15) is 91.0 Å². The van der Waals surface area contributed by atoms with E-state index in [1.807, 2.05) is 27.7 Å². The van der Waals surface area contributed by atoms with Gasteiger partial charge in [-0.25, -0.2) is 4.79 Å². The number of rotatable bonds is 17. The Morgan fingerprint density at radius 1 is 0.868 bits per heavy atom. The number of carboxylic acid groups (broad SMARTS) is 1. The Morgan fingerprint density at radius 3 is 1.95 bits per heavy atom. The number of carbonyl (C=O) groups excluding carboxylic acids is 3. The highest BCUT2D eigenvalue weighted by Gasteiger charge is 2.33. The minimum Gasteiger partial charge on any atom is -0.480 e. The number of esters is 2. The number of benzene rings is 1. The predicted octanol–water partition coefficient (Wildman–Crippen LogP) is 5.21. The zero-order valence-electron chi connectivity index (χ0n) is 23.2. The number of hydrogen-bond donors (Lipinski definition) is 2. The fraction of sp³-hybridized carbons (Fsp3) is 0.643. The Labute approximate surface area is 225 Å². The first-order chi connectivity index (χ1) is 18.0. The van der Waals surface area contributed by atoms with Gasteiger partial charge in [0.2, 0.25) is 0 Å². The molecule has 0 radical (unpaired) electrons. The lowest BCUT2D eigenvalue weighted by Crippen LogP contribution is -2.40. The zero-order valence-corrected chi connectivity index (χ0v) is 23.2. The van der Waals surface area contributed by atoms with Crippen molar-refractivity contribution >= 4 is 24.1 Å². The molecule has 10 nitrogen and oxygen atoms in total. The summed E-state index contributed by atoms with van der Waals surface area (Å²) in [5.74, 6) is -3.36. The molecule has 3 N–H and O–H groups in total. The summed E-state index contributed by atoms with van der Waals surface area (Å²) in [4.78, 5) is 48.5. The van der Waals surface area contributed by atoms with E-state index in [9.17, 15) is 24.3 Å². The molecule has 1 aromatic carbocycles. The molecule has 1 rings (SSSR count). The molecule has 0 spiro atoms. The van der Waals surface area contributed by atoms with Crippen molar-refractivity contribution in [3.05, 3.63) is 23.8 Å². The van der Waals surface area contributed by atoms with Gasteiger partial charge in [-0.15, -0.1) is 0 Å². The highest BCUT2D eigenvalue weighted by molar-refractivity contribution is 5.77. The van der Waals surface area contributed by atoms with Gasteiger partial charge in [0, 0.05) is 18.8 Å². The number of unbranched alkanes of at least 4 members (excludes halogenated alkanes) is 2. The third-order valence-electron chi connectivity index (χ3n) is 6.20. The molecule has 3 unspecified atom stereocenters. The van der Waals surface area contributed by atoms with E-state index in [4.69, 9.17) is 24.7 Å². The smallest absolute Gasteiger partial charge is 0.480 e. The summed E-state index contributed by atoms with van der Waals surface area (Å²) in [7, 11) is 0. The second-order valence-corrected chi connectivity index (χ2v) is 9.61. The van der Waals surface area contributed by atoms with Crippen molar-refractivity contribution in [2.24, 2.45) is 17.6 Å². The Bertz CT molecular complexity index is 918. The van der Waals surface area contributed by atoms with Crippen LogP contribution in [0.3, 0.4) is 0 Å². The molecule has 4 atom stereocenters. The quantitative estimate of drug-likeness (QED) is 0.200. The van der Waals surface area contributed by atoms with Gasteiger partial charge in [-0.2, -0.15) is 0 Å². The van der Waals surface area contributed by atoms with Crippen LogP contribution >= 0.6 is 0 Å². The minimum atomic E-state index is -1.36. The normalized spacial score (nSPS) is 14.1. The molecule has 0 saturated carbocycles. The fourth-order valence-electron chi connectivity index (χ4n) is 3.60. The van der Waals surface area contributed by atoms with Crippen molar-refractivity contribution in [3.8, 4) is 11.5 Å². The standard InChI is InChI=1S/C28H43NO9/c1-6-9-11-23(30)37-21-14-13-20(15-22(21)38-24(31)12-10-7-2)25(26(29)27(32)33)19(5)17-36-28(34)35-16-18(4)8-3/h13-15,18-19,25-26H,6-12,16-17,29H2,1-5H3,(H,32,33)/t18?,19?,25?,26-/m0/s1. The average Bonchev–Trinajstić information content (AvgIpc) is 2.89. The molecule has 0 fully saturated rings. The number of aliphatic carboxylic acids is 1. The van der Waals surface area contributed by atoms with E-state index in [1.54, 1.807) is 13.0 Å². The van der Waals surface area contributed by atoms with Gasteiger partial charge in [0.25, 0.3) is 0 Å². The lowest BCUT2D eigenvalue weighted by atomic mass is 9.82. The second-order valence-electron chi connectivity index (χ2n) is 9.61. The van der Waals surface area contributed by atoms with Gasteiger partial charge in [0.05, 0.1) is 13.2 Å². The summed E-state index contributed by atoms with van der Waals surface area (Å²) in [6.45, 7) is 9.57. The summed E-state index contributed by atoms with van der Waals surface area (Å²) in [6.07, 6.45) is 3.25. The molecule has 1 aromatic rings. The molecule has 214 valence electrons. The summed E-state index contributed by atoms with van der Waals surface area (Å²) in [5, 5.41) is 9.67. The molecular formula is C28H43NO9. The maximum Gasteiger partial charge on any atom is 0.508 e. The molecule has 38 heavy (non-hydrogen) atoms. The van der Waals surface area contributed by atoms with Crippen LogP contribution in [0.4, 0.5) is 4.79 Å². The van der Waals surface area contributed by atoms with Crippen LogP contribution in [0.15, 0.2) is 18.2 Å². The fourth-order valence-corrected chi connectivity index (χ4v) is 3.60. The maximum absolute atomic E-state index is 12.4. The van der Waals surface area contributed by atoms with E-state index in [2.05, 4.69) is 0 Å². The van der Waals surface area contributed by atoms with Crippen LogP contribution < -0.4 is 15.2 Å². The van der Waals surface area contributed by atoms with E-state index >= 15 is 0 Å². The highest BCUT2D eigenvalue weighted by atomic mass is 16.7. The van der Waals surface area contributed by atoms with Gasteiger partial charge in [0.1, 0.15) is 6.04 Å². The molecule has 0 heterocycles. The molecule has 0 aromatic heterocycles. The average molecular weight is 538 g/mol. The third-order valence-corrected chi connectivity index (χ3v) is 6.20. The SMILES string of the molecule is CCCCC(=O)Oc1ccc(C(C(C)COC(=O)OCC(C)CC)[C@H](N)C(=O)O)cc1OC(=O)CCCC. The van der Waals surface area contributed by atoms with Crippen LogP contribution in [0, 0.1) is 11.8 Å². The van der Waals surface area contributed by atoms with Crippen molar-refractivity contribution in [1.82, 2.24) is 0 Å². The Hall–Kier alpha value is -3.14. The van der Waals surface area contributed by atoms with Crippen LogP contribution in [0.5, 0.6) is 11.5 Å². The van der Waals surface area contributed by atoms with Gasteiger partial charge in [-0.1, -0.05) is 59.9 Å². The first-order valence-corrected chi connectivity index (χ1v) is 13.4. The lowest BCUT2D eigenvalue weighted by Gasteiger charge is -2.28. The van der Waals surface area contributed by atoms with Crippen molar-refractivity contribution in [2.45, 2.75) is 91.5 Å². The monoisotopic (exact) mass is 537 g/mol. The third kappa shape index (κ3) is 11.5. The van der Waals surface area contributed by atoms with Crippen LogP contribution in [-0.2, 0) is 23.9 Å². The zero-order chi connectivity index (χ0) is 28.7. The second kappa shape index (κ2) is 17.4. The van der Waals surface area contributed by atoms with Crippen LogP contribution in [0.2, 0.25) is 0 Å². The molecule has 0 saturated heterocycles. The summed E-state index contributed by atoms with van der Waals surface area (Å²) >= 11 is 0. The number of nitrogens with two attached hydrogens (primary N) is 1. The molecule has 0 aliphatic rings. The van der Waals surface area contributed by atoms with Crippen molar-refractivity contribution < 1.29 is 43.2 Å². The molecule has 10 heteroatoms. The van der Waals surface area contributed by atoms with Gasteiger partial charge in [-0.05, 0) is 42.4 Å². The van der Waals surface area contributed by atoms with Crippen LogP contribution in [0.25, 0.3) is 0 Å². The largest absolute Gasteiger partial charge is 0.508 e. The number of ether oxygens (including phenoxy) is 4. The molecular weight excluding hydrogens is 494 g/mol. The molecule has 0 amide bonds. The Kier molecular flexibility index (Phi) is 15.0. The van der Waals surface area contributed by atoms with Crippen molar-refractivity contribution in [2.75, 3.05) is 13.2 Å². The van der Waals surface area contributed by atoms with Crippen molar-refractivity contribution in [1.29, 1.82) is 0 Å². The topological polar surface area (TPSA) is 151 Å². The minimum absolute atomic E-state index is 0.00267. The first-order valence-electron chi connectivity index (χ1n) is 13.4. The maximum atomic E-state index is 12.4. The molecule has 0 aliphatic carbocycles. The number of carboxylic acids is 1. The molecule has 0 aliphatic heterocycles. The van der Waals surface area contributed by atoms with E-state index in [1.165, 1.54) is 12.1 Å². The van der Waals surface area contributed by atoms with Crippen molar-refractivity contribution in [3.63, 3.8) is 0 Å². The first kappa shape index (κ1) is 32.9. The van der Waals surface area contributed by atoms with Gasteiger partial charge >= 0.3 is 24.1 Å². The van der Waals surface area contributed by atoms with E-state index in [-0.39, 0.29) is 43.5 Å². The number of carbonyl (C=O) groups is 4. The predicted molar refractivity (Wildman–Crippen MR) is 141 cm³/mol. The number of hydrogen-bond acceptors (Lipinski definition) is 9. The Balaban J connectivity index is 3.22. The lowest BCUT2D eigenvalue weighted by molar-refractivity contribution is -0.139. The van der Waals surface area contributed by atoms with E-state index in [0.717, 1.165) is 19.3 Å². The van der Waals surface area contributed by atoms with E-state index < -0.39 is 41.9 Å². The molecule has 0 bridgehead atoms. The van der Waals surface area contributed by atoms with E-state index in [0.29, 0.717) is 18.4 Å².